The third kappa shape index (κ3) is 4.13. The number of hydrogen-bond donors (Lipinski definition) is 2. The SMILES string of the molecule is O=C(O)Cc1cc(Cl)c(Oc2ccc3[nH]cc(CC4CCCC4)c3c2)c(Cl)c1. The Morgan fingerprint density at radius 2 is 1.86 bits per heavy atom. The van der Waals surface area contributed by atoms with Crippen molar-refractivity contribution in [2.45, 2.75) is 38.5 Å². The Morgan fingerprint density at radius 3 is 2.54 bits per heavy atom. The molecular formula is C22H21Cl2NO3. The summed E-state index contributed by atoms with van der Waals surface area (Å²) in [4.78, 5) is 14.2. The van der Waals surface area contributed by atoms with Gasteiger partial charge < -0.3 is 14.8 Å². The van der Waals surface area contributed by atoms with Gasteiger partial charge in [-0.15, -0.1) is 0 Å². The minimum atomic E-state index is -0.937. The van der Waals surface area contributed by atoms with Gasteiger partial charge in [0.2, 0.25) is 0 Å². The molecule has 0 atom stereocenters. The normalized spacial score (nSPS) is 14.6. The number of aromatic amines is 1. The molecule has 4 nitrogen and oxygen atoms in total. The number of carbonyl (C=O) groups is 1. The quantitative estimate of drug-likeness (QED) is 0.473. The smallest absolute Gasteiger partial charge is 0.307 e. The van der Waals surface area contributed by atoms with Crippen LogP contribution in [-0.2, 0) is 17.6 Å². The summed E-state index contributed by atoms with van der Waals surface area (Å²) in [5.74, 6) is 0.807. The minimum Gasteiger partial charge on any atom is -0.481 e. The molecule has 0 bridgehead atoms. The van der Waals surface area contributed by atoms with Crippen LogP contribution in [0.1, 0.15) is 36.8 Å². The Morgan fingerprint density at radius 1 is 1.14 bits per heavy atom. The van der Waals surface area contributed by atoms with Gasteiger partial charge in [-0.1, -0.05) is 48.9 Å². The minimum absolute atomic E-state index is 0.139. The number of aromatic nitrogens is 1. The lowest BCUT2D eigenvalue weighted by molar-refractivity contribution is -0.136. The number of rotatable bonds is 6. The van der Waals surface area contributed by atoms with Gasteiger partial charge in [0.1, 0.15) is 5.75 Å². The molecule has 0 amide bonds. The first-order valence-corrected chi connectivity index (χ1v) is 10.2. The summed E-state index contributed by atoms with van der Waals surface area (Å²) in [6, 6.07) is 9.03. The molecule has 0 saturated heterocycles. The fourth-order valence-corrected chi connectivity index (χ4v) is 4.63. The molecular weight excluding hydrogens is 397 g/mol. The molecule has 6 heteroatoms. The predicted octanol–water partition coefficient (Wildman–Crippen LogP) is 6.63. The van der Waals surface area contributed by atoms with Crippen LogP contribution in [0.3, 0.4) is 0 Å². The van der Waals surface area contributed by atoms with Crippen molar-refractivity contribution in [3.05, 3.63) is 57.7 Å². The molecule has 0 radical (unpaired) electrons. The number of benzene rings is 2. The van der Waals surface area contributed by atoms with Crippen molar-refractivity contribution >= 4 is 40.1 Å². The van der Waals surface area contributed by atoms with Gasteiger partial charge in [0.05, 0.1) is 16.5 Å². The molecule has 2 N–H and O–H groups in total. The number of nitrogens with one attached hydrogen (secondary N) is 1. The largest absolute Gasteiger partial charge is 0.481 e. The Balaban J connectivity index is 1.60. The van der Waals surface area contributed by atoms with Crippen LogP contribution in [0.4, 0.5) is 0 Å². The second-order valence-corrected chi connectivity index (χ2v) is 8.25. The molecule has 4 rings (SSSR count). The molecule has 1 aromatic heterocycles. The second-order valence-electron chi connectivity index (χ2n) is 7.44. The zero-order valence-corrected chi connectivity index (χ0v) is 16.8. The summed E-state index contributed by atoms with van der Waals surface area (Å²) in [5, 5.41) is 10.7. The van der Waals surface area contributed by atoms with Gasteiger partial charge >= 0.3 is 5.97 Å². The lowest BCUT2D eigenvalue weighted by atomic mass is 9.98. The van der Waals surface area contributed by atoms with Crippen LogP contribution in [0.5, 0.6) is 11.5 Å². The highest BCUT2D eigenvalue weighted by Gasteiger charge is 2.18. The lowest BCUT2D eigenvalue weighted by Crippen LogP contribution is -2.00. The van der Waals surface area contributed by atoms with Crippen LogP contribution in [-0.4, -0.2) is 16.1 Å². The van der Waals surface area contributed by atoms with Crippen molar-refractivity contribution in [3.63, 3.8) is 0 Å². The van der Waals surface area contributed by atoms with E-state index in [-0.39, 0.29) is 6.42 Å². The molecule has 0 aliphatic heterocycles. The third-order valence-electron chi connectivity index (χ3n) is 5.36. The van der Waals surface area contributed by atoms with Crippen molar-refractivity contribution in [1.82, 2.24) is 4.98 Å². The van der Waals surface area contributed by atoms with Gasteiger partial charge in [-0.3, -0.25) is 4.79 Å². The first-order valence-electron chi connectivity index (χ1n) is 9.47. The van der Waals surface area contributed by atoms with Crippen LogP contribution >= 0.6 is 23.2 Å². The average molecular weight is 418 g/mol. The third-order valence-corrected chi connectivity index (χ3v) is 5.92. The number of aliphatic carboxylic acids is 1. The van der Waals surface area contributed by atoms with Crippen molar-refractivity contribution in [2.75, 3.05) is 0 Å². The van der Waals surface area contributed by atoms with Crippen LogP contribution < -0.4 is 4.74 Å². The van der Waals surface area contributed by atoms with Gasteiger partial charge in [0.25, 0.3) is 0 Å². The van der Waals surface area contributed by atoms with E-state index in [1.807, 2.05) is 18.2 Å². The van der Waals surface area contributed by atoms with Gasteiger partial charge in [0, 0.05) is 17.1 Å². The maximum Gasteiger partial charge on any atom is 0.307 e. The molecule has 146 valence electrons. The Bertz CT molecular complexity index is 999. The number of hydrogen-bond acceptors (Lipinski definition) is 2. The summed E-state index contributed by atoms with van der Waals surface area (Å²) >= 11 is 12.6. The maximum atomic E-state index is 10.9. The van der Waals surface area contributed by atoms with E-state index in [1.54, 1.807) is 12.1 Å². The molecule has 1 aliphatic carbocycles. The van der Waals surface area contributed by atoms with E-state index in [4.69, 9.17) is 33.0 Å². The summed E-state index contributed by atoms with van der Waals surface area (Å²) in [7, 11) is 0. The topological polar surface area (TPSA) is 62.3 Å². The van der Waals surface area contributed by atoms with Crippen LogP contribution in [0.15, 0.2) is 36.5 Å². The summed E-state index contributed by atoms with van der Waals surface area (Å²) < 4.78 is 5.98. The van der Waals surface area contributed by atoms with E-state index in [0.717, 1.165) is 23.2 Å². The summed E-state index contributed by atoms with van der Waals surface area (Å²) in [6.45, 7) is 0. The van der Waals surface area contributed by atoms with Gasteiger partial charge in [-0.25, -0.2) is 0 Å². The zero-order chi connectivity index (χ0) is 19.7. The first-order chi connectivity index (χ1) is 13.5. The molecule has 1 saturated carbocycles. The summed E-state index contributed by atoms with van der Waals surface area (Å²) in [5.41, 5.74) is 2.92. The highest BCUT2D eigenvalue weighted by molar-refractivity contribution is 6.37. The Kier molecular flexibility index (Phi) is 5.51. The molecule has 28 heavy (non-hydrogen) atoms. The van der Waals surface area contributed by atoms with E-state index < -0.39 is 5.97 Å². The molecule has 1 aliphatic rings. The number of fused-ring (bicyclic) bond motifs is 1. The maximum absolute atomic E-state index is 10.9. The fourth-order valence-electron chi connectivity index (χ4n) is 4.02. The summed E-state index contributed by atoms with van der Waals surface area (Å²) in [6.07, 6.45) is 8.29. The standard InChI is InChI=1S/C22H21Cl2NO3/c23-18-8-14(10-21(26)27)9-19(24)22(18)28-16-5-6-20-17(11-16)15(12-25-20)7-13-3-1-2-4-13/h5-6,8-9,11-13,25H,1-4,7,10H2,(H,26,27). The van der Waals surface area contributed by atoms with Crippen LogP contribution in [0, 0.1) is 5.92 Å². The predicted molar refractivity (Wildman–Crippen MR) is 112 cm³/mol. The molecule has 2 aromatic carbocycles. The Hall–Kier alpha value is -2.17. The van der Waals surface area contributed by atoms with Gasteiger partial charge in [-0.05, 0) is 53.8 Å². The van der Waals surface area contributed by atoms with Gasteiger partial charge in [-0.2, -0.15) is 0 Å². The van der Waals surface area contributed by atoms with Crippen molar-refractivity contribution in [3.8, 4) is 11.5 Å². The molecule has 0 unspecified atom stereocenters. The highest BCUT2D eigenvalue weighted by Crippen LogP contribution is 2.39. The van der Waals surface area contributed by atoms with Crippen molar-refractivity contribution < 1.29 is 14.6 Å². The molecule has 1 heterocycles. The first kappa shape index (κ1) is 19.2. The van der Waals surface area contributed by atoms with Crippen LogP contribution in [0.25, 0.3) is 10.9 Å². The van der Waals surface area contributed by atoms with E-state index in [0.29, 0.717) is 27.1 Å². The van der Waals surface area contributed by atoms with Crippen LogP contribution in [0.2, 0.25) is 10.0 Å². The zero-order valence-electron chi connectivity index (χ0n) is 15.3. The lowest BCUT2D eigenvalue weighted by Gasteiger charge is -2.12. The Labute approximate surface area is 173 Å². The number of ether oxygens (including phenoxy) is 1. The number of halogens is 2. The fraction of sp³-hybridized carbons (Fsp3) is 0.318. The van der Waals surface area contributed by atoms with Crippen molar-refractivity contribution in [2.24, 2.45) is 5.92 Å². The molecule has 1 fully saturated rings. The van der Waals surface area contributed by atoms with Gasteiger partial charge in [0.15, 0.2) is 5.75 Å². The highest BCUT2D eigenvalue weighted by atomic mass is 35.5. The monoisotopic (exact) mass is 417 g/mol. The van der Waals surface area contributed by atoms with E-state index in [1.165, 1.54) is 31.2 Å². The number of carboxylic acids is 1. The number of H-pyrrole nitrogens is 1. The van der Waals surface area contributed by atoms with E-state index in [2.05, 4.69) is 11.2 Å². The van der Waals surface area contributed by atoms with E-state index >= 15 is 0 Å². The average Bonchev–Trinajstić information content (AvgIpc) is 3.28. The molecule has 0 spiro atoms. The molecule has 3 aromatic rings. The van der Waals surface area contributed by atoms with E-state index in [9.17, 15) is 4.79 Å². The second kappa shape index (κ2) is 8.06. The van der Waals surface area contributed by atoms with Crippen molar-refractivity contribution in [1.29, 1.82) is 0 Å². The number of carboxylic acid groups (broad SMARTS) is 1.